The van der Waals surface area contributed by atoms with Gasteiger partial charge in [0, 0.05) is 10.1 Å². The van der Waals surface area contributed by atoms with Crippen LogP contribution in [0.3, 0.4) is 0 Å². The second-order valence-corrected chi connectivity index (χ2v) is 5.22. The molecule has 0 saturated heterocycles. The quantitative estimate of drug-likeness (QED) is 0.697. The summed E-state index contributed by atoms with van der Waals surface area (Å²) in [5, 5.41) is 0.350. The van der Waals surface area contributed by atoms with E-state index < -0.39 is 17.6 Å². The zero-order valence-electron chi connectivity index (χ0n) is 8.35. The predicted octanol–water partition coefficient (Wildman–Crippen LogP) is 4.49. The molecular weight excluding hydrogens is 240 g/mol. The number of halogens is 4. The number of hydrogen-bond acceptors (Lipinski definition) is 1. The summed E-state index contributed by atoms with van der Waals surface area (Å²) in [6, 6.07) is 2.72. The molecule has 0 radical (unpaired) electrons. The third kappa shape index (κ3) is 2.70. The van der Waals surface area contributed by atoms with E-state index in [1.165, 1.54) is 11.8 Å². The first-order valence-electron chi connectivity index (χ1n) is 4.99. The minimum absolute atomic E-state index is 0.350. The Labute approximate surface area is 95.0 Å². The lowest BCUT2D eigenvalue weighted by molar-refractivity contribution is -0.137. The molecule has 0 aromatic heterocycles. The Morgan fingerprint density at radius 2 is 1.81 bits per heavy atom. The molecule has 0 spiro atoms. The van der Waals surface area contributed by atoms with Gasteiger partial charge in [0.1, 0.15) is 5.82 Å². The maximum Gasteiger partial charge on any atom is 0.416 e. The van der Waals surface area contributed by atoms with Crippen LogP contribution in [-0.4, -0.2) is 5.25 Å². The largest absolute Gasteiger partial charge is 0.416 e. The van der Waals surface area contributed by atoms with Crippen LogP contribution >= 0.6 is 11.8 Å². The van der Waals surface area contributed by atoms with Crippen molar-refractivity contribution in [1.82, 2.24) is 0 Å². The first kappa shape index (κ1) is 11.8. The highest BCUT2D eigenvalue weighted by atomic mass is 32.2. The second-order valence-electron chi connectivity index (χ2n) is 3.84. The fourth-order valence-corrected chi connectivity index (χ4v) is 2.81. The lowest BCUT2D eigenvalue weighted by Crippen LogP contribution is -2.13. The average molecular weight is 250 g/mol. The Bertz CT molecular complexity index is 382. The van der Waals surface area contributed by atoms with Crippen LogP contribution < -0.4 is 0 Å². The first-order chi connectivity index (χ1) is 7.45. The molecule has 0 amide bonds. The van der Waals surface area contributed by atoms with Crippen LogP contribution in [-0.2, 0) is 6.18 Å². The van der Waals surface area contributed by atoms with E-state index in [1.54, 1.807) is 0 Å². The zero-order chi connectivity index (χ0) is 11.8. The van der Waals surface area contributed by atoms with E-state index in [2.05, 4.69) is 0 Å². The lowest BCUT2D eigenvalue weighted by atomic mass is 10.00. The van der Waals surface area contributed by atoms with Gasteiger partial charge in [-0.25, -0.2) is 4.39 Å². The summed E-state index contributed by atoms with van der Waals surface area (Å²) < 4.78 is 50.2. The Kier molecular flexibility index (Phi) is 3.15. The van der Waals surface area contributed by atoms with Gasteiger partial charge in [-0.3, -0.25) is 0 Å². The van der Waals surface area contributed by atoms with E-state index in [4.69, 9.17) is 0 Å². The molecule has 0 N–H and O–H groups in total. The highest BCUT2D eigenvalue weighted by Gasteiger charge is 2.31. The number of benzene rings is 1. The van der Waals surface area contributed by atoms with E-state index >= 15 is 0 Å². The number of thioether (sulfide) groups is 1. The zero-order valence-corrected chi connectivity index (χ0v) is 9.17. The highest BCUT2D eigenvalue weighted by Crippen LogP contribution is 2.39. The summed E-state index contributed by atoms with van der Waals surface area (Å²) in [6.45, 7) is 0. The maximum atomic E-state index is 13.0. The SMILES string of the molecule is Fc1cc(SC2CCC2)cc(C(F)(F)F)c1. The van der Waals surface area contributed by atoms with Crippen molar-refractivity contribution in [2.24, 2.45) is 0 Å². The fraction of sp³-hybridized carbons (Fsp3) is 0.455. The van der Waals surface area contributed by atoms with E-state index in [9.17, 15) is 17.6 Å². The molecule has 1 aromatic rings. The van der Waals surface area contributed by atoms with Gasteiger partial charge in [0.25, 0.3) is 0 Å². The molecule has 1 aliphatic carbocycles. The van der Waals surface area contributed by atoms with Gasteiger partial charge >= 0.3 is 6.18 Å². The summed E-state index contributed by atoms with van der Waals surface area (Å²) in [5.41, 5.74) is -0.908. The Balaban J connectivity index is 2.21. The molecule has 1 saturated carbocycles. The van der Waals surface area contributed by atoms with Crippen molar-refractivity contribution in [2.75, 3.05) is 0 Å². The molecule has 0 bridgehead atoms. The average Bonchev–Trinajstić information content (AvgIpc) is 2.09. The van der Waals surface area contributed by atoms with Crippen molar-refractivity contribution in [3.8, 4) is 0 Å². The van der Waals surface area contributed by atoms with E-state index in [-0.39, 0.29) is 0 Å². The Hall–Kier alpha value is -0.710. The van der Waals surface area contributed by atoms with E-state index in [0.717, 1.165) is 31.4 Å². The van der Waals surface area contributed by atoms with Gasteiger partial charge in [-0.15, -0.1) is 11.8 Å². The monoisotopic (exact) mass is 250 g/mol. The van der Waals surface area contributed by atoms with Crippen molar-refractivity contribution in [2.45, 2.75) is 35.6 Å². The van der Waals surface area contributed by atoms with Crippen LogP contribution in [0.15, 0.2) is 23.1 Å². The molecule has 1 aliphatic rings. The lowest BCUT2D eigenvalue weighted by Gasteiger charge is -2.24. The third-order valence-corrected chi connectivity index (χ3v) is 3.87. The van der Waals surface area contributed by atoms with E-state index in [1.807, 2.05) is 0 Å². The maximum absolute atomic E-state index is 13.0. The first-order valence-corrected chi connectivity index (χ1v) is 5.87. The molecule has 88 valence electrons. The molecule has 0 unspecified atom stereocenters. The van der Waals surface area contributed by atoms with Crippen LogP contribution in [0.1, 0.15) is 24.8 Å². The molecule has 0 heterocycles. The summed E-state index contributed by atoms with van der Waals surface area (Å²) in [6.07, 6.45) is -1.36. The van der Waals surface area contributed by atoms with Crippen LogP contribution in [0.2, 0.25) is 0 Å². The van der Waals surface area contributed by atoms with Gasteiger partial charge in [0.2, 0.25) is 0 Å². The minimum Gasteiger partial charge on any atom is -0.207 e. The molecule has 0 nitrogen and oxygen atoms in total. The van der Waals surface area contributed by atoms with Gasteiger partial charge in [0.05, 0.1) is 5.56 Å². The number of rotatable bonds is 2. The van der Waals surface area contributed by atoms with Crippen LogP contribution in [0.4, 0.5) is 17.6 Å². The van der Waals surface area contributed by atoms with Crippen molar-refractivity contribution in [3.63, 3.8) is 0 Å². The number of hydrogen-bond donors (Lipinski definition) is 0. The molecule has 2 rings (SSSR count). The topological polar surface area (TPSA) is 0 Å². The molecule has 1 aromatic carbocycles. The van der Waals surface area contributed by atoms with Crippen molar-refractivity contribution >= 4 is 11.8 Å². The molecule has 0 aliphatic heterocycles. The summed E-state index contributed by atoms with van der Waals surface area (Å²) in [7, 11) is 0. The smallest absolute Gasteiger partial charge is 0.207 e. The summed E-state index contributed by atoms with van der Waals surface area (Å²) in [5.74, 6) is -0.823. The molecule has 16 heavy (non-hydrogen) atoms. The fourth-order valence-electron chi connectivity index (χ4n) is 1.48. The van der Waals surface area contributed by atoms with Gasteiger partial charge in [-0.1, -0.05) is 6.42 Å². The van der Waals surface area contributed by atoms with Gasteiger partial charge in [0.15, 0.2) is 0 Å². The second kappa shape index (κ2) is 4.28. The molecule has 5 heteroatoms. The molecular formula is C11H10F4S. The van der Waals surface area contributed by atoms with E-state index in [0.29, 0.717) is 16.2 Å². The number of alkyl halides is 3. The van der Waals surface area contributed by atoms with Crippen LogP contribution in [0.5, 0.6) is 0 Å². The molecule has 1 fully saturated rings. The molecule has 0 atom stereocenters. The Morgan fingerprint density at radius 1 is 1.12 bits per heavy atom. The minimum atomic E-state index is -4.48. The highest BCUT2D eigenvalue weighted by molar-refractivity contribution is 8.00. The predicted molar refractivity (Wildman–Crippen MR) is 54.9 cm³/mol. The van der Waals surface area contributed by atoms with Gasteiger partial charge < -0.3 is 0 Å². The summed E-state index contributed by atoms with van der Waals surface area (Å²) >= 11 is 1.33. The van der Waals surface area contributed by atoms with Gasteiger partial charge in [-0.05, 0) is 31.0 Å². The van der Waals surface area contributed by atoms with Crippen molar-refractivity contribution in [3.05, 3.63) is 29.6 Å². The standard InChI is InChI=1S/C11H10F4S/c12-8-4-7(11(13,14)15)5-10(6-8)16-9-2-1-3-9/h4-6,9H,1-3H2. The van der Waals surface area contributed by atoms with Crippen LogP contribution in [0, 0.1) is 5.82 Å². The Morgan fingerprint density at radius 3 is 2.31 bits per heavy atom. The third-order valence-electron chi connectivity index (χ3n) is 2.55. The van der Waals surface area contributed by atoms with Crippen LogP contribution in [0.25, 0.3) is 0 Å². The normalized spacial score (nSPS) is 17.2. The van der Waals surface area contributed by atoms with Crippen molar-refractivity contribution < 1.29 is 17.6 Å². The summed E-state index contributed by atoms with van der Waals surface area (Å²) in [4.78, 5) is 0.372. The van der Waals surface area contributed by atoms with Gasteiger partial charge in [-0.2, -0.15) is 13.2 Å². The van der Waals surface area contributed by atoms with Crippen molar-refractivity contribution in [1.29, 1.82) is 0 Å².